The summed E-state index contributed by atoms with van der Waals surface area (Å²) in [5.41, 5.74) is -2.00. The Labute approximate surface area is 102 Å². The van der Waals surface area contributed by atoms with Gasteiger partial charge in [0.1, 0.15) is 0 Å². The van der Waals surface area contributed by atoms with Crippen LogP contribution in [0.4, 0.5) is 32.0 Å². The van der Waals surface area contributed by atoms with E-state index in [9.17, 15) is 31.1 Å². The molecule has 102 valence electrons. The highest BCUT2D eigenvalue weighted by Gasteiger charge is 2.43. The number of hydrazone groups is 1. The Bertz CT molecular complexity index is 557. The van der Waals surface area contributed by atoms with Gasteiger partial charge in [0.05, 0.1) is 12.1 Å². The fourth-order valence-corrected chi connectivity index (χ4v) is 1.45. The number of alkyl halides is 3. The first-order chi connectivity index (χ1) is 8.70. The van der Waals surface area contributed by atoms with Crippen LogP contribution in [0, 0.1) is 17.5 Å². The summed E-state index contributed by atoms with van der Waals surface area (Å²) in [6.45, 7) is 0. The van der Waals surface area contributed by atoms with Crippen LogP contribution < -0.4 is 5.01 Å². The second kappa shape index (κ2) is 4.25. The predicted octanol–water partition coefficient (Wildman–Crippen LogP) is 2.76. The minimum atomic E-state index is -4.82. The van der Waals surface area contributed by atoms with Gasteiger partial charge in [-0.05, 0) is 0 Å². The number of anilines is 1. The predicted molar refractivity (Wildman–Crippen MR) is 51.9 cm³/mol. The number of benzene rings is 1. The molecule has 1 aromatic rings. The molecule has 19 heavy (non-hydrogen) atoms. The zero-order chi connectivity index (χ0) is 14.4. The lowest BCUT2D eigenvalue weighted by atomic mass is 10.2. The number of hydrogen-bond acceptors (Lipinski definition) is 2. The summed E-state index contributed by atoms with van der Waals surface area (Å²) in [5.74, 6) is -6.15. The second-order valence-corrected chi connectivity index (χ2v) is 3.65. The molecule has 1 aliphatic rings. The lowest BCUT2D eigenvalue weighted by molar-refractivity contribution is -0.117. The first kappa shape index (κ1) is 13.4. The van der Waals surface area contributed by atoms with Crippen molar-refractivity contribution in [2.24, 2.45) is 5.10 Å². The van der Waals surface area contributed by atoms with Gasteiger partial charge in [0.25, 0.3) is 5.91 Å². The molecular formula is C10H4F6N2O. The third-order valence-electron chi connectivity index (χ3n) is 2.32. The Morgan fingerprint density at radius 3 is 2.05 bits per heavy atom. The van der Waals surface area contributed by atoms with E-state index >= 15 is 0 Å². The first-order valence-electron chi connectivity index (χ1n) is 4.82. The average molecular weight is 282 g/mol. The summed E-state index contributed by atoms with van der Waals surface area (Å²) in [6, 6.07) is 0.776. The molecule has 0 aromatic heterocycles. The van der Waals surface area contributed by atoms with E-state index < -0.39 is 47.4 Å². The summed E-state index contributed by atoms with van der Waals surface area (Å²) in [5, 5.41) is 3.13. The van der Waals surface area contributed by atoms with Crippen LogP contribution in [0.3, 0.4) is 0 Å². The van der Waals surface area contributed by atoms with Gasteiger partial charge < -0.3 is 0 Å². The summed E-state index contributed by atoms with van der Waals surface area (Å²) in [4.78, 5) is 11.3. The topological polar surface area (TPSA) is 32.7 Å². The molecule has 0 N–H and O–H groups in total. The van der Waals surface area contributed by atoms with Crippen molar-refractivity contribution in [3.63, 3.8) is 0 Å². The lowest BCUT2D eigenvalue weighted by Gasteiger charge is -2.12. The van der Waals surface area contributed by atoms with Gasteiger partial charge in [-0.3, -0.25) is 4.79 Å². The Morgan fingerprint density at radius 2 is 1.63 bits per heavy atom. The Kier molecular flexibility index (Phi) is 2.99. The number of halogens is 6. The Morgan fingerprint density at radius 1 is 1.11 bits per heavy atom. The van der Waals surface area contributed by atoms with Crippen LogP contribution in [0.25, 0.3) is 0 Å². The van der Waals surface area contributed by atoms with Crippen molar-refractivity contribution in [3.8, 4) is 0 Å². The van der Waals surface area contributed by atoms with Crippen LogP contribution in [0.15, 0.2) is 17.2 Å². The monoisotopic (exact) mass is 282 g/mol. The highest BCUT2D eigenvalue weighted by molar-refractivity contribution is 6.14. The molecule has 0 radical (unpaired) electrons. The van der Waals surface area contributed by atoms with Gasteiger partial charge in [-0.25, -0.2) is 13.2 Å². The van der Waals surface area contributed by atoms with Crippen LogP contribution in [0.2, 0.25) is 0 Å². The molecule has 1 heterocycles. The molecule has 2 rings (SSSR count). The molecule has 9 heteroatoms. The summed E-state index contributed by atoms with van der Waals surface area (Å²) < 4.78 is 75.5. The Balaban J connectivity index is 2.43. The zero-order valence-electron chi connectivity index (χ0n) is 8.93. The van der Waals surface area contributed by atoms with Crippen LogP contribution >= 0.6 is 0 Å². The highest BCUT2D eigenvalue weighted by atomic mass is 19.4. The minimum absolute atomic E-state index is 0.189. The number of rotatable bonds is 1. The summed E-state index contributed by atoms with van der Waals surface area (Å²) in [7, 11) is 0. The molecule has 0 fully saturated rings. The molecule has 0 unspecified atom stereocenters. The van der Waals surface area contributed by atoms with Crippen LogP contribution in [0.5, 0.6) is 0 Å². The number of hydrogen-bond donors (Lipinski definition) is 0. The van der Waals surface area contributed by atoms with Crippen LogP contribution in [0.1, 0.15) is 6.42 Å². The van der Waals surface area contributed by atoms with Crippen LogP contribution in [-0.4, -0.2) is 17.8 Å². The molecule has 0 aliphatic carbocycles. The third kappa shape index (κ3) is 2.40. The SMILES string of the molecule is O=C1CC(C(F)(F)F)=NN1c1cc(F)c(F)c(F)c1. The van der Waals surface area contributed by atoms with E-state index in [0.29, 0.717) is 12.1 Å². The molecule has 0 spiro atoms. The van der Waals surface area contributed by atoms with E-state index in [1.807, 2.05) is 0 Å². The highest BCUT2D eigenvalue weighted by Crippen LogP contribution is 2.29. The number of carbonyl (C=O) groups is 1. The fourth-order valence-electron chi connectivity index (χ4n) is 1.45. The fraction of sp³-hybridized carbons (Fsp3) is 0.200. The van der Waals surface area contributed by atoms with Crippen LogP contribution in [-0.2, 0) is 4.79 Å². The van der Waals surface area contributed by atoms with Gasteiger partial charge in [0.15, 0.2) is 23.2 Å². The number of carbonyl (C=O) groups excluding carboxylic acids is 1. The van der Waals surface area contributed by atoms with Crippen molar-refractivity contribution in [2.45, 2.75) is 12.6 Å². The lowest BCUT2D eigenvalue weighted by Crippen LogP contribution is -2.22. The van der Waals surface area contributed by atoms with Gasteiger partial charge in [0, 0.05) is 12.1 Å². The second-order valence-electron chi connectivity index (χ2n) is 3.65. The molecule has 1 amide bonds. The maximum absolute atomic E-state index is 12.9. The standard InChI is InChI=1S/C10H4F6N2O/c11-5-1-4(2-6(12)9(5)13)18-8(19)3-7(17-18)10(14,15)16/h1-2H,3H2. The minimum Gasteiger partial charge on any atom is -0.272 e. The number of nitrogens with zero attached hydrogens (tertiary/aromatic N) is 2. The van der Waals surface area contributed by atoms with Crippen molar-refractivity contribution >= 4 is 17.3 Å². The van der Waals surface area contributed by atoms with E-state index in [1.54, 1.807) is 0 Å². The van der Waals surface area contributed by atoms with Gasteiger partial charge in [-0.15, -0.1) is 0 Å². The molecule has 0 saturated heterocycles. The van der Waals surface area contributed by atoms with E-state index in [1.165, 1.54) is 0 Å². The maximum Gasteiger partial charge on any atom is 0.431 e. The van der Waals surface area contributed by atoms with E-state index in [0.717, 1.165) is 0 Å². The van der Waals surface area contributed by atoms with Gasteiger partial charge in [-0.1, -0.05) is 0 Å². The Hall–Kier alpha value is -2.06. The largest absolute Gasteiger partial charge is 0.431 e. The molecular weight excluding hydrogens is 278 g/mol. The van der Waals surface area contributed by atoms with Gasteiger partial charge in [0.2, 0.25) is 0 Å². The molecule has 1 aliphatic heterocycles. The summed E-state index contributed by atoms with van der Waals surface area (Å²) >= 11 is 0. The van der Waals surface area contributed by atoms with Crippen molar-refractivity contribution in [3.05, 3.63) is 29.6 Å². The van der Waals surface area contributed by atoms with E-state index in [-0.39, 0.29) is 5.01 Å². The van der Waals surface area contributed by atoms with Crippen molar-refractivity contribution in [2.75, 3.05) is 5.01 Å². The molecule has 0 bridgehead atoms. The first-order valence-corrected chi connectivity index (χ1v) is 4.82. The van der Waals surface area contributed by atoms with Gasteiger partial charge >= 0.3 is 6.18 Å². The molecule has 3 nitrogen and oxygen atoms in total. The van der Waals surface area contributed by atoms with Gasteiger partial charge in [-0.2, -0.15) is 23.3 Å². The van der Waals surface area contributed by atoms with Crippen molar-refractivity contribution in [1.82, 2.24) is 0 Å². The normalized spacial score (nSPS) is 16.0. The number of amides is 1. The van der Waals surface area contributed by atoms with E-state index in [4.69, 9.17) is 0 Å². The maximum atomic E-state index is 12.9. The zero-order valence-corrected chi connectivity index (χ0v) is 8.93. The van der Waals surface area contributed by atoms with Crippen molar-refractivity contribution < 1.29 is 31.1 Å². The molecule has 0 saturated carbocycles. The average Bonchev–Trinajstić information content (AvgIpc) is 2.67. The molecule has 1 aromatic carbocycles. The van der Waals surface area contributed by atoms with Crippen molar-refractivity contribution in [1.29, 1.82) is 0 Å². The van der Waals surface area contributed by atoms with E-state index in [2.05, 4.69) is 5.10 Å². The summed E-state index contributed by atoms with van der Waals surface area (Å²) in [6.07, 6.45) is -5.86. The quantitative estimate of drug-likeness (QED) is 0.576. The molecule has 0 atom stereocenters. The third-order valence-corrected chi connectivity index (χ3v) is 2.32. The smallest absolute Gasteiger partial charge is 0.272 e.